The molecule has 2 rings (SSSR count). The highest BCUT2D eigenvalue weighted by molar-refractivity contribution is 5.98. The van der Waals surface area contributed by atoms with Gasteiger partial charge in [0.05, 0.1) is 12.3 Å². The Labute approximate surface area is 152 Å². The smallest absolute Gasteiger partial charge is 0.344 e. The lowest BCUT2D eigenvalue weighted by atomic mass is 10.1. The third kappa shape index (κ3) is 4.62. The van der Waals surface area contributed by atoms with E-state index in [4.69, 9.17) is 14.0 Å². The largest absolute Gasteiger partial charge is 0.494 e. The zero-order valence-corrected chi connectivity index (χ0v) is 15.7. The van der Waals surface area contributed by atoms with E-state index in [-0.39, 0.29) is 11.5 Å². The van der Waals surface area contributed by atoms with E-state index in [9.17, 15) is 9.59 Å². The van der Waals surface area contributed by atoms with Gasteiger partial charge in [0.2, 0.25) is 0 Å². The van der Waals surface area contributed by atoms with Gasteiger partial charge in [-0.05, 0) is 45.0 Å². The second kappa shape index (κ2) is 8.51. The van der Waals surface area contributed by atoms with E-state index in [2.05, 4.69) is 10.5 Å². The fraction of sp³-hybridized carbons (Fsp3) is 0.421. The van der Waals surface area contributed by atoms with E-state index in [0.717, 1.165) is 0 Å². The predicted molar refractivity (Wildman–Crippen MR) is 96.4 cm³/mol. The molecule has 0 fully saturated rings. The highest BCUT2D eigenvalue weighted by atomic mass is 16.5. The normalized spacial score (nSPS) is 11.9. The fourth-order valence-electron chi connectivity index (χ4n) is 2.35. The van der Waals surface area contributed by atoms with Crippen LogP contribution in [0.3, 0.4) is 0 Å². The second-order valence-electron chi connectivity index (χ2n) is 6.16. The average Bonchev–Trinajstić information content (AvgIpc) is 2.98. The van der Waals surface area contributed by atoms with Gasteiger partial charge in [-0.2, -0.15) is 0 Å². The van der Waals surface area contributed by atoms with Crippen molar-refractivity contribution in [3.8, 4) is 5.75 Å². The van der Waals surface area contributed by atoms with Crippen LogP contribution in [0.2, 0.25) is 0 Å². The Hall–Kier alpha value is -2.83. The molecule has 0 aliphatic carbocycles. The van der Waals surface area contributed by atoms with Crippen molar-refractivity contribution in [3.63, 3.8) is 0 Å². The van der Waals surface area contributed by atoms with Crippen LogP contribution in [-0.2, 0) is 9.53 Å². The Morgan fingerprint density at radius 2 is 1.85 bits per heavy atom. The van der Waals surface area contributed by atoms with Gasteiger partial charge in [0.15, 0.2) is 11.9 Å². The highest BCUT2D eigenvalue weighted by Gasteiger charge is 2.27. The molecule has 26 heavy (non-hydrogen) atoms. The Balaban J connectivity index is 2.00. The van der Waals surface area contributed by atoms with Gasteiger partial charge < -0.3 is 19.3 Å². The van der Waals surface area contributed by atoms with Gasteiger partial charge in [-0.3, -0.25) is 4.79 Å². The van der Waals surface area contributed by atoms with Crippen LogP contribution in [0.25, 0.3) is 0 Å². The number of carbonyl (C=O) groups is 2. The Morgan fingerprint density at radius 3 is 2.42 bits per heavy atom. The zero-order valence-electron chi connectivity index (χ0n) is 15.7. The Bertz CT molecular complexity index is 765. The van der Waals surface area contributed by atoms with Crippen LogP contribution in [-0.4, -0.2) is 29.7 Å². The van der Waals surface area contributed by atoms with Gasteiger partial charge in [0.1, 0.15) is 11.3 Å². The van der Waals surface area contributed by atoms with Gasteiger partial charge in [-0.25, -0.2) is 4.79 Å². The predicted octanol–water partition coefficient (Wildman–Crippen LogP) is 3.69. The number of carbonyl (C=O) groups excluding carboxylic acids is 2. The number of nitrogens with one attached hydrogen (secondary N) is 1. The molecular weight excluding hydrogens is 336 g/mol. The number of aromatic nitrogens is 1. The molecule has 2 aromatic rings. The lowest BCUT2D eigenvalue weighted by molar-refractivity contribution is -0.123. The molecule has 0 saturated carbocycles. The lowest BCUT2D eigenvalue weighted by Crippen LogP contribution is -2.30. The number of benzene rings is 1. The molecule has 0 bridgehead atoms. The topological polar surface area (TPSA) is 90.7 Å². The van der Waals surface area contributed by atoms with Gasteiger partial charge in [0.25, 0.3) is 5.91 Å². The molecule has 1 atom stereocenters. The molecule has 1 aromatic carbocycles. The van der Waals surface area contributed by atoms with Crippen LogP contribution in [0.1, 0.15) is 55.4 Å². The number of aryl methyl sites for hydroxylation is 1. The monoisotopic (exact) mass is 360 g/mol. The maximum atomic E-state index is 12.4. The number of rotatable bonds is 7. The van der Waals surface area contributed by atoms with Gasteiger partial charge >= 0.3 is 5.97 Å². The summed E-state index contributed by atoms with van der Waals surface area (Å²) in [5.41, 5.74) is 1.31. The first-order valence-corrected chi connectivity index (χ1v) is 8.54. The van der Waals surface area contributed by atoms with E-state index >= 15 is 0 Å². The molecule has 7 nitrogen and oxygen atoms in total. The number of esters is 1. The number of hydrogen-bond donors (Lipinski definition) is 1. The second-order valence-corrected chi connectivity index (χ2v) is 6.16. The number of hydrogen-bond acceptors (Lipinski definition) is 6. The standard InChI is InChI=1S/C19H24N2O5/c1-6-24-15-9-7-14(8-10-15)20-18(22)13(5)25-19(23)16-12(4)21-26-17(16)11(2)3/h7-11,13H,6H2,1-5H3,(H,20,22)/t13-/m0/s1. The van der Waals surface area contributed by atoms with Crippen molar-refractivity contribution in [2.24, 2.45) is 0 Å². The molecule has 1 heterocycles. The molecule has 0 aliphatic rings. The minimum Gasteiger partial charge on any atom is -0.494 e. The summed E-state index contributed by atoms with van der Waals surface area (Å²) in [5, 5.41) is 6.52. The van der Waals surface area contributed by atoms with Crippen molar-refractivity contribution < 1.29 is 23.6 Å². The number of anilines is 1. The van der Waals surface area contributed by atoms with E-state index in [1.165, 1.54) is 6.92 Å². The summed E-state index contributed by atoms with van der Waals surface area (Å²) < 4.78 is 15.8. The molecule has 0 aliphatic heterocycles. The van der Waals surface area contributed by atoms with Crippen molar-refractivity contribution in [1.82, 2.24) is 5.16 Å². The van der Waals surface area contributed by atoms with Crippen molar-refractivity contribution in [3.05, 3.63) is 41.3 Å². The third-order valence-electron chi connectivity index (χ3n) is 3.70. The average molecular weight is 360 g/mol. The molecule has 7 heteroatoms. The zero-order chi connectivity index (χ0) is 19.3. The van der Waals surface area contributed by atoms with Crippen molar-refractivity contribution >= 4 is 17.6 Å². The molecule has 0 spiro atoms. The summed E-state index contributed by atoms with van der Waals surface area (Å²) in [6.07, 6.45) is -0.969. The third-order valence-corrected chi connectivity index (χ3v) is 3.70. The minimum absolute atomic E-state index is 0.0215. The Kier molecular flexibility index (Phi) is 6.38. The van der Waals surface area contributed by atoms with Crippen LogP contribution < -0.4 is 10.1 Å². The number of amides is 1. The van der Waals surface area contributed by atoms with E-state index in [0.29, 0.717) is 29.5 Å². The summed E-state index contributed by atoms with van der Waals surface area (Å²) in [6.45, 7) is 9.42. The van der Waals surface area contributed by atoms with Crippen LogP contribution in [0.5, 0.6) is 5.75 Å². The highest BCUT2D eigenvalue weighted by Crippen LogP contribution is 2.23. The summed E-state index contributed by atoms with van der Waals surface area (Å²) >= 11 is 0. The lowest BCUT2D eigenvalue weighted by Gasteiger charge is -2.14. The first kappa shape index (κ1) is 19.5. The summed E-state index contributed by atoms with van der Waals surface area (Å²) in [6, 6.07) is 6.95. The summed E-state index contributed by atoms with van der Waals surface area (Å²) in [4.78, 5) is 24.7. The van der Waals surface area contributed by atoms with E-state index in [1.807, 2.05) is 20.8 Å². The minimum atomic E-state index is -0.969. The molecule has 1 N–H and O–H groups in total. The van der Waals surface area contributed by atoms with Crippen molar-refractivity contribution in [2.45, 2.75) is 46.6 Å². The van der Waals surface area contributed by atoms with Crippen molar-refractivity contribution in [2.75, 3.05) is 11.9 Å². The molecular formula is C19H24N2O5. The number of ether oxygens (including phenoxy) is 2. The molecule has 140 valence electrons. The van der Waals surface area contributed by atoms with Gasteiger partial charge in [-0.15, -0.1) is 0 Å². The Morgan fingerprint density at radius 1 is 1.19 bits per heavy atom. The summed E-state index contributed by atoms with van der Waals surface area (Å²) in [7, 11) is 0. The SMILES string of the molecule is CCOc1ccc(NC(=O)[C@H](C)OC(=O)c2c(C)noc2C(C)C)cc1. The molecule has 0 saturated heterocycles. The quantitative estimate of drug-likeness (QED) is 0.757. The summed E-state index contributed by atoms with van der Waals surface area (Å²) in [5.74, 6) is 0.0944. The molecule has 0 unspecified atom stereocenters. The van der Waals surface area contributed by atoms with Crippen molar-refractivity contribution in [1.29, 1.82) is 0 Å². The van der Waals surface area contributed by atoms with Crippen LogP contribution in [0.4, 0.5) is 5.69 Å². The van der Waals surface area contributed by atoms with Crippen LogP contribution >= 0.6 is 0 Å². The maximum absolute atomic E-state index is 12.4. The van der Waals surface area contributed by atoms with Gasteiger partial charge in [0, 0.05) is 11.6 Å². The molecule has 0 radical (unpaired) electrons. The molecule has 1 amide bonds. The first-order chi connectivity index (χ1) is 12.3. The van der Waals surface area contributed by atoms with Crippen LogP contribution in [0, 0.1) is 6.92 Å². The number of nitrogens with zero attached hydrogens (tertiary/aromatic N) is 1. The van der Waals surface area contributed by atoms with Crippen LogP contribution in [0.15, 0.2) is 28.8 Å². The van der Waals surface area contributed by atoms with Gasteiger partial charge in [-0.1, -0.05) is 19.0 Å². The maximum Gasteiger partial charge on any atom is 0.344 e. The fourth-order valence-corrected chi connectivity index (χ4v) is 2.35. The first-order valence-electron chi connectivity index (χ1n) is 8.54. The van der Waals surface area contributed by atoms with E-state index < -0.39 is 18.0 Å². The molecule has 1 aromatic heterocycles. The van der Waals surface area contributed by atoms with E-state index in [1.54, 1.807) is 31.2 Å².